The number of aryl methyl sites for hydroxylation is 1. The molecule has 0 aliphatic carbocycles. The molecule has 0 atom stereocenters. The normalized spacial score (nSPS) is 11.0. The van der Waals surface area contributed by atoms with Crippen molar-refractivity contribution in [3.05, 3.63) is 57.9 Å². The smallest absolute Gasteiger partial charge is 0.251 e. The molecule has 0 saturated carbocycles. The lowest BCUT2D eigenvalue weighted by molar-refractivity contribution is 0.0995. The number of amides is 1. The van der Waals surface area contributed by atoms with E-state index in [1.165, 1.54) is 11.8 Å². The van der Waals surface area contributed by atoms with Gasteiger partial charge in [-0.25, -0.2) is 0 Å². The summed E-state index contributed by atoms with van der Waals surface area (Å²) in [5.41, 5.74) is 9.26. The van der Waals surface area contributed by atoms with Gasteiger partial charge < -0.3 is 5.73 Å². The van der Waals surface area contributed by atoms with Crippen molar-refractivity contribution in [3.63, 3.8) is 0 Å². The Morgan fingerprint density at radius 1 is 1.25 bits per heavy atom. The quantitative estimate of drug-likeness (QED) is 0.719. The maximum atomic E-state index is 11.8. The van der Waals surface area contributed by atoms with Gasteiger partial charge in [-0.2, -0.15) is 5.10 Å². The van der Waals surface area contributed by atoms with Crippen LogP contribution < -0.4 is 5.73 Å². The number of fused-ring (bicyclic) bond motifs is 1. The van der Waals surface area contributed by atoms with Crippen LogP contribution in [0.4, 0.5) is 0 Å². The van der Waals surface area contributed by atoms with E-state index in [1.807, 2.05) is 31.2 Å². The number of carbonyl (C=O) groups excluding carboxylic acids is 1. The number of nitrogens with two attached hydrogens (primary N) is 1. The summed E-state index contributed by atoms with van der Waals surface area (Å²) in [7, 11) is 0. The zero-order valence-corrected chi connectivity index (χ0v) is 14.8. The van der Waals surface area contributed by atoms with Crippen molar-refractivity contribution in [2.24, 2.45) is 5.73 Å². The van der Waals surface area contributed by atoms with Gasteiger partial charge in [0.15, 0.2) is 0 Å². The molecule has 2 N–H and O–H groups in total. The highest BCUT2D eigenvalue weighted by Gasteiger charge is 2.17. The molecule has 3 aromatic rings. The molecule has 7 heteroatoms. The van der Waals surface area contributed by atoms with Crippen molar-refractivity contribution in [1.29, 1.82) is 0 Å². The molecule has 1 amide bonds. The number of rotatable bonds is 4. The summed E-state index contributed by atoms with van der Waals surface area (Å²) in [6.45, 7) is 3.63. The maximum absolute atomic E-state index is 11.8. The van der Waals surface area contributed by atoms with Crippen molar-refractivity contribution in [2.75, 3.05) is 0 Å². The Morgan fingerprint density at radius 2 is 2.04 bits per heavy atom. The lowest BCUT2D eigenvalue weighted by atomic mass is 10.1. The SMILES string of the molecule is Cc1nnc(SCc2ccc(Cl)c3cccnc23)c(C(N)=O)c1C. The first-order chi connectivity index (χ1) is 11.5. The fourth-order valence-corrected chi connectivity index (χ4v) is 3.67. The summed E-state index contributed by atoms with van der Waals surface area (Å²) in [6.07, 6.45) is 1.73. The van der Waals surface area contributed by atoms with Gasteiger partial charge in [0.2, 0.25) is 0 Å². The van der Waals surface area contributed by atoms with E-state index in [2.05, 4.69) is 15.2 Å². The highest BCUT2D eigenvalue weighted by Crippen LogP contribution is 2.31. The van der Waals surface area contributed by atoms with E-state index in [-0.39, 0.29) is 0 Å². The van der Waals surface area contributed by atoms with E-state index in [0.717, 1.165) is 22.0 Å². The fraction of sp³-hybridized carbons (Fsp3) is 0.176. The number of benzene rings is 1. The number of hydrogen-bond acceptors (Lipinski definition) is 5. The standard InChI is InChI=1S/C17H15ClN4OS/c1-9-10(2)21-22-17(14(9)16(19)23)24-8-11-5-6-13(18)12-4-3-7-20-15(11)12/h3-7H,8H2,1-2H3,(H2,19,23). The molecule has 2 aromatic heterocycles. The number of halogens is 1. The van der Waals surface area contributed by atoms with Gasteiger partial charge in [-0.3, -0.25) is 9.78 Å². The largest absolute Gasteiger partial charge is 0.366 e. The molecule has 0 aliphatic heterocycles. The van der Waals surface area contributed by atoms with Crippen LogP contribution in [0.25, 0.3) is 10.9 Å². The van der Waals surface area contributed by atoms with Gasteiger partial charge >= 0.3 is 0 Å². The Hall–Kier alpha value is -2.18. The van der Waals surface area contributed by atoms with Crippen molar-refractivity contribution in [2.45, 2.75) is 24.6 Å². The minimum absolute atomic E-state index is 0.429. The summed E-state index contributed by atoms with van der Waals surface area (Å²) >= 11 is 7.64. The van der Waals surface area contributed by atoms with Crippen molar-refractivity contribution in [3.8, 4) is 0 Å². The number of primary amides is 1. The van der Waals surface area contributed by atoms with Crippen LogP contribution in [-0.2, 0) is 5.75 Å². The average molecular weight is 359 g/mol. The maximum Gasteiger partial charge on any atom is 0.251 e. The zero-order chi connectivity index (χ0) is 17.3. The Kier molecular flexibility index (Phi) is 4.69. The van der Waals surface area contributed by atoms with E-state index < -0.39 is 5.91 Å². The van der Waals surface area contributed by atoms with Crippen molar-refractivity contribution < 1.29 is 4.79 Å². The molecular formula is C17H15ClN4OS. The third-order valence-corrected chi connectivity index (χ3v) is 5.18. The zero-order valence-electron chi connectivity index (χ0n) is 13.2. The predicted molar refractivity (Wildman–Crippen MR) is 96.3 cm³/mol. The third-order valence-electron chi connectivity index (χ3n) is 3.83. The lowest BCUT2D eigenvalue weighted by Crippen LogP contribution is -2.16. The summed E-state index contributed by atoms with van der Waals surface area (Å²) in [5.74, 6) is 0.0920. The van der Waals surface area contributed by atoms with E-state index in [1.54, 1.807) is 13.1 Å². The van der Waals surface area contributed by atoms with Gasteiger partial charge in [0.05, 0.1) is 16.8 Å². The van der Waals surface area contributed by atoms with Gasteiger partial charge in [0, 0.05) is 22.4 Å². The second kappa shape index (κ2) is 6.75. The average Bonchev–Trinajstić information content (AvgIpc) is 2.57. The van der Waals surface area contributed by atoms with Gasteiger partial charge in [-0.05, 0) is 43.2 Å². The van der Waals surface area contributed by atoms with E-state index in [4.69, 9.17) is 17.3 Å². The molecule has 0 saturated heterocycles. The molecule has 0 fully saturated rings. The molecular weight excluding hydrogens is 344 g/mol. The highest BCUT2D eigenvalue weighted by atomic mass is 35.5. The topological polar surface area (TPSA) is 81.8 Å². The minimum atomic E-state index is -0.493. The molecule has 122 valence electrons. The molecule has 0 aliphatic rings. The Balaban J connectivity index is 1.97. The lowest BCUT2D eigenvalue weighted by Gasteiger charge is -2.10. The Bertz CT molecular complexity index is 945. The second-order valence-electron chi connectivity index (χ2n) is 5.35. The molecule has 0 bridgehead atoms. The number of carbonyl (C=O) groups is 1. The number of aromatic nitrogens is 3. The molecule has 3 rings (SSSR count). The monoisotopic (exact) mass is 358 g/mol. The van der Waals surface area contributed by atoms with E-state index in [9.17, 15) is 4.79 Å². The van der Waals surface area contributed by atoms with E-state index in [0.29, 0.717) is 27.1 Å². The molecule has 0 unspecified atom stereocenters. The fourth-order valence-electron chi connectivity index (χ4n) is 2.44. The first-order valence-corrected chi connectivity index (χ1v) is 8.64. The van der Waals surface area contributed by atoms with Crippen LogP contribution in [0.3, 0.4) is 0 Å². The predicted octanol–water partition coefficient (Wildman–Crippen LogP) is 3.69. The minimum Gasteiger partial charge on any atom is -0.366 e. The van der Waals surface area contributed by atoms with Gasteiger partial charge in [0.25, 0.3) is 5.91 Å². The van der Waals surface area contributed by atoms with Gasteiger partial charge in [0.1, 0.15) is 5.03 Å². The number of thioether (sulfide) groups is 1. The first kappa shape index (κ1) is 16.7. The molecule has 5 nitrogen and oxygen atoms in total. The van der Waals surface area contributed by atoms with Gasteiger partial charge in [-0.15, -0.1) is 5.10 Å². The van der Waals surface area contributed by atoms with E-state index >= 15 is 0 Å². The number of pyridine rings is 1. The molecule has 1 aromatic carbocycles. The molecule has 0 spiro atoms. The molecule has 24 heavy (non-hydrogen) atoms. The van der Waals surface area contributed by atoms with Crippen LogP contribution in [0.15, 0.2) is 35.5 Å². The summed E-state index contributed by atoms with van der Waals surface area (Å²) < 4.78 is 0. The molecule has 0 radical (unpaired) electrons. The van der Waals surface area contributed by atoms with Crippen LogP contribution in [0.1, 0.15) is 27.2 Å². The van der Waals surface area contributed by atoms with Crippen molar-refractivity contribution in [1.82, 2.24) is 15.2 Å². The number of nitrogens with zero attached hydrogens (tertiary/aromatic N) is 3. The van der Waals surface area contributed by atoms with Crippen LogP contribution in [0.5, 0.6) is 0 Å². The summed E-state index contributed by atoms with van der Waals surface area (Å²) in [6, 6.07) is 7.57. The van der Waals surface area contributed by atoms with Gasteiger partial charge in [-0.1, -0.05) is 29.4 Å². The van der Waals surface area contributed by atoms with Crippen LogP contribution in [0, 0.1) is 13.8 Å². The number of hydrogen-bond donors (Lipinski definition) is 1. The molecule has 2 heterocycles. The second-order valence-corrected chi connectivity index (χ2v) is 6.72. The van der Waals surface area contributed by atoms with Crippen LogP contribution in [-0.4, -0.2) is 21.1 Å². The van der Waals surface area contributed by atoms with Crippen LogP contribution in [0.2, 0.25) is 5.02 Å². The Morgan fingerprint density at radius 3 is 2.79 bits per heavy atom. The Labute approximate surface area is 148 Å². The third kappa shape index (κ3) is 3.07. The van der Waals surface area contributed by atoms with Crippen LogP contribution >= 0.6 is 23.4 Å². The summed E-state index contributed by atoms with van der Waals surface area (Å²) in [5, 5.41) is 10.3. The highest BCUT2D eigenvalue weighted by molar-refractivity contribution is 7.98. The van der Waals surface area contributed by atoms with Crippen molar-refractivity contribution >= 4 is 40.2 Å². The first-order valence-electron chi connectivity index (χ1n) is 7.27. The summed E-state index contributed by atoms with van der Waals surface area (Å²) in [4.78, 5) is 16.2.